The van der Waals surface area contributed by atoms with Gasteiger partial charge >= 0.3 is 12.1 Å². The number of fused-ring (bicyclic) bond motifs is 2. The fourth-order valence-electron chi connectivity index (χ4n) is 9.25. The SMILES string of the molecule is COc1c(N2CC3CCCN(C)C3C2)c(F)c(C)c2c(=O)c(C(=O)OCN(C[C@H]3CN(c4ccc(N5CCOCC5)c(F)c4)C(=O)O3)C(C)=O)c(C)n(C3CC3)c12. The summed E-state index contributed by atoms with van der Waals surface area (Å²) in [5, 5.41) is 0.0575. The number of esters is 1. The maximum atomic E-state index is 16.7. The lowest BCUT2D eigenvalue weighted by Gasteiger charge is -2.33. The van der Waals surface area contributed by atoms with Gasteiger partial charge in [0.15, 0.2) is 18.3 Å². The van der Waals surface area contributed by atoms with Crippen LogP contribution in [0.2, 0.25) is 0 Å². The van der Waals surface area contributed by atoms with Gasteiger partial charge in [0.25, 0.3) is 0 Å². The van der Waals surface area contributed by atoms with Crippen molar-refractivity contribution in [3.05, 3.63) is 56.9 Å². The maximum absolute atomic E-state index is 16.7. The fraction of sp³-hybridized carbons (Fsp3) is 0.561. The van der Waals surface area contributed by atoms with E-state index in [1.165, 1.54) is 29.9 Å². The molecule has 0 N–H and O–H groups in total. The van der Waals surface area contributed by atoms with Gasteiger partial charge in [-0.15, -0.1) is 0 Å². The number of anilines is 3. The number of carbonyl (C=O) groups excluding carboxylic acids is 3. The standard InChI is InChI=1S/C41H50F2N6O8/c1-23-33-36(39(54-5)37(35(23)43)46-18-26-7-6-12-44(4)32(26)21-46)49(27-8-9-27)24(2)34(38(33)51)40(52)56-22-47(25(3)50)19-29-20-48(41(53)57-29)28-10-11-31(30(42)17-28)45-13-15-55-16-14-45/h10-11,17,26-27,29,32H,6-9,12-16,18-22H2,1-5H3/t26?,29-,32?/m0/s1. The van der Waals surface area contributed by atoms with Crippen LogP contribution >= 0.6 is 0 Å². The van der Waals surface area contributed by atoms with Gasteiger partial charge in [0.2, 0.25) is 11.3 Å². The Hall–Kier alpha value is -4.96. The van der Waals surface area contributed by atoms with Crippen LogP contribution in [-0.2, 0) is 19.0 Å². The van der Waals surface area contributed by atoms with Gasteiger partial charge in [0.1, 0.15) is 23.2 Å². The van der Waals surface area contributed by atoms with Crippen molar-refractivity contribution in [1.29, 1.82) is 0 Å². The predicted octanol–water partition coefficient (Wildman–Crippen LogP) is 4.60. The average Bonchev–Trinajstić information content (AvgIpc) is 3.81. The third-order valence-corrected chi connectivity index (χ3v) is 12.4. The molecule has 2 amide bonds. The zero-order valence-corrected chi connectivity index (χ0v) is 33.1. The number of piperidine rings is 1. The highest BCUT2D eigenvalue weighted by Crippen LogP contribution is 2.47. The molecule has 5 fully saturated rings. The number of aromatic nitrogens is 1. The molecule has 306 valence electrons. The van der Waals surface area contributed by atoms with Gasteiger partial charge in [0.05, 0.1) is 55.7 Å². The lowest BCUT2D eigenvalue weighted by Crippen LogP contribution is -2.42. The molecule has 0 bridgehead atoms. The smallest absolute Gasteiger partial charge is 0.414 e. The summed E-state index contributed by atoms with van der Waals surface area (Å²) in [6.07, 6.45) is 2.25. The van der Waals surface area contributed by atoms with Gasteiger partial charge in [-0.1, -0.05) is 0 Å². The first-order valence-corrected chi connectivity index (χ1v) is 19.8. The summed E-state index contributed by atoms with van der Waals surface area (Å²) in [5.41, 5.74) is 1.10. The molecule has 8 rings (SSSR count). The molecule has 4 aliphatic heterocycles. The largest absolute Gasteiger partial charge is 0.492 e. The molecule has 16 heteroatoms. The van der Waals surface area contributed by atoms with E-state index in [0.29, 0.717) is 79.6 Å². The average molecular weight is 793 g/mol. The van der Waals surface area contributed by atoms with Crippen LogP contribution in [0.25, 0.3) is 10.9 Å². The zero-order chi connectivity index (χ0) is 40.3. The summed E-state index contributed by atoms with van der Waals surface area (Å²) >= 11 is 0. The number of pyridine rings is 1. The van der Waals surface area contributed by atoms with Crippen molar-refractivity contribution >= 4 is 45.9 Å². The van der Waals surface area contributed by atoms with Crippen LogP contribution in [0.15, 0.2) is 23.0 Å². The van der Waals surface area contributed by atoms with Crippen LogP contribution in [0.4, 0.5) is 30.6 Å². The Kier molecular flexibility index (Phi) is 10.5. The van der Waals surface area contributed by atoms with Crippen molar-refractivity contribution in [2.45, 2.75) is 64.6 Å². The van der Waals surface area contributed by atoms with E-state index in [9.17, 15) is 19.2 Å². The second-order valence-electron chi connectivity index (χ2n) is 15.9. The van der Waals surface area contributed by atoms with Crippen molar-refractivity contribution < 1.29 is 42.1 Å². The van der Waals surface area contributed by atoms with Crippen LogP contribution in [-0.4, -0.2) is 124 Å². The molecule has 57 heavy (non-hydrogen) atoms. The van der Waals surface area contributed by atoms with Crippen LogP contribution in [0.5, 0.6) is 5.75 Å². The summed E-state index contributed by atoms with van der Waals surface area (Å²) in [7, 11) is 3.59. The van der Waals surface area contributed by atoms with E-state index < -0.39 is 47.9 Å². The molecule has 14 nitrogen and oxygen atoms in total. The number of hydrogen-bond acceptors (Lipinski definition) is 11. The first-order chi connectivity index (χ1) is 27.4. The number of rotatable bonds is 10. The number of carbonyl (C=O) groups is 3. The lowest BCUT2D eigenvalue weighted by molar-refractivity contribution is -0.134. The van der Waals surface area contributed by atoms with E-state index in [-0.39, 0.29) is 41.4 Å². The number of likely N-dealkylation sites (tertiary alicyclic amines) is 1. The quantitative estimate of drug-likeness (QED) is 0.212. The minimum atomic E-state index is -0.963. The van der Waals surface area contributed by atoms with Crippen molar-refractivity contribution in [1.82, 2.24) is 14.4 Å². The minimum absolute atomic E-state index is 0.0207. The molecule has 1 saturated carbocycles. The number of amides is 2. The Morgan fingerprint density at radius 2 is 1.75 bits per heavy atom. The minimum Gasteiger partial charge on any atom is -0.492 e. The van der Waals surface area contributed by atoms with Crippen LogP contribution in [0.1, 0.15) is 60.3 Å². The van der Waals surface area contributed by atoms with Crippen LogP contribution < -0.4 is 24.9 Å². The number of methoxy groups -OCH3 is 1. The highest BCUT2D eigenvalue weighted by Gasteiger charge is 2.42. The summed E-state index contributed by atoms with van der Waals surface area (Å²) < 4.78 is 56.3. The molecule has 2 unspecified atom stereocenters. The molecule has 0 spiro atoms. The number of benzene rings is 2. The van der Waals surface area contributed by atoms with E-state index in [2.05, 4.69) is 16.8 Å². The van der Waals surface area contributed by atoms with E-state index in [1.54, 1.807) is 26.0 Å². The molecule has 5 aliphatic rings. The number of ether oxygens (including phenoxy) is 4. The number of cyclic esters (lactones) is 1. The van der Waals surface area contributed by atoms with Gasteiger partial charge in [-0.05, 0) is 77.2 Å². The molecule has 5 heterocycles. The van der Waals surface area contributed by atoms with Gasteiger partial charge in [-0.2, -0.15) is 0 Å². The monoisotopic (exact) mass is 792 g/mol. The fourth-order valence-corrected chi connectivity index (χ4v) is 9.25. The Bertz CT molecular complexity index is 2170. The molecular formula is C41H50F2N6O8. The Morgan fingerprint density at radius 1 is 1.00 bits per heavy atom. The molecule has 4 saturated heterocycles. The molecule has 0 radical (unpaired) electrons. The Balaban J connectivity index is 1.02. The highest BCUT2D eigenvalue weighted by atomic mass is 19.1. The Morgan fingerprint density at radius 3 is 2.42 bits per heavy atom. The third kappa shape index (κ3) is 7.04. The zero-order valence-electron chi connectivity index (χ0n) is 33.1. The van der Waals surface area contributed by atoms with Crippen LogP contribution in [0, 0.1) is 31.4 Å². The van der Waals surface area contributed by atoms with Crippen molar-refractivity contribution in [2.75, 3.05) is 94.6 Å². The highest BCUT2D eigenvalue weighted by molar-refractivity contribution is 6.00. The number of morpholine rings is 1. The predicted molar refractivity (Wildman–Crippen MR) is 209 cm³/mol. The number of halogens is 2. The van der Waals surface area contributed by atoms with Gasteiger partial charge < -0.3 is 43.1 Å². The van der Waals surface area contributed by atoms with Crippen LogP contribution in [0.3, 0.4) is 0 Å². The molecule has 1 aromatic heterocycles. The van der Waals surface area contributed by atoms with E-state index >= 15 is 8.78 Å². The Labute approximate surface area is 329 Å². The summed E-state index contributed by atoms with van der Waals surface area (Å²) in [5.74, 6) is -1.80. The number of likely N-dealkylation sites (N-methyl/N-ethyl adjacent to an activating group) is 1. The molecular weight excluding hydrogens is 742 g/mol. The second kappa shape index (κ2) is 15.4. The van der Waals surface area contributed by atoms with E-state index in [0.717, 1.165) is 32.2 Å². The number of aryl methyl sites for hydroxylation is 1. The number of hydrogen-bond donors (Lipinski definition) is 0. The molecule has 3 atom stereocenters. The first kappa shape index (κ1) is 38.9. The topological polar surface area (TPSA) is 126 Å². The van der Waals surface area contributed by atoms with E-state index in [1.807, 2.05) is 9.47 Å². The molecule has 3 aromatic rings. The third-order valence-electron chi connectivity index (χ3n) is 12.4. The second-order valence-corrected chi connectivity index (χ2v) is 15.9. The summed E-state index contributed by atoms with van der Waals surface area (Å²) in [6.45, 7) is 8.30. The molecule has 2 aromatic carbocycles. The molecule has 1 aliphatic carbocycles. The number of nitrogens with zero attached hydrogens (tertiary/aromatic N) is 6. The van der Waals surface area contributed by atoms with Crippen molar-refractivity contribution in [3.8, 4) is 5.75 Å². The van der Waals surface area contributed by atoms with Gasteiger partial charge in [-0.3, -0.25) is 14.5 Å². The maximum Gasteiger partial charge on any atom is 0.414 e. The van der Waals surface area contributed by atoms with Crippen molar-refractivity contribution in [2.24, 2.45) is 5.92 Å². The van der Waals surface area contributed by atoms with Gasteiger partial charge in [-0.25, -0.2) is 18.4 Å². The van der Waals surface area contributed by atoms with Gasteiger partial charge in [0, 0.05) is 56.4 Å². The van der Waals surface area contributed by atoms with E-state index in [4.69, 9.17) is 18.9 Å². The summed E-state index contributed by atoms with van der Waals surface area (Å²) in [4.78, 5) is 62.7. The lowest BCUT2D eigenvalue weighted by atomic mass is 9.93. The normalized spacial score (nSPS) is 22.5. The first-order valence-electron chi connectivity index (χ1n) is 19.8. The summed E-state index contributed by atoms with van der Waals surface area (Å²) in [6, 6.07) is 4.80. The van der Waals surface area contributed by atoms with Crippen molar-refractivity contribution in [3.63, 3.8) is 0 Å².